The highest BCUT2D eigenvalue weighted by Gasteiger charge is 2.08. The summed E-state index contributed by atoms with van der Waals surface area (Å²) in [7, 11) is 5.56. The molecule has 5 heteroatoms. The van der Waals surface area contributed by atoms with Crippen LogP contribution < -0.4 is 5.56 Å². The van der Waals surface area contributed by atoms with Crippen molar-refractivity contribution in [2.75, 3.05) is 0 Å². The number of rotatable bonds is 0. The van der Waals surface area contributed by atoms with E-state index < -0.39 is 0 Å². The lowest BCUT2D eigenvalue weighted by atomic mass is 10.2. The minimum atomic E-state index is -0.166. The van der Waals surface area contributed by atoms with Crippen LogP contribution in [-0.2, 0) is 0 Å². The quantitative estimate of drug-likeness (QED) is 0.581. The summed E-state index contributed by atoms with van der Waals surface area (Å²) in [6.07, 6.45) is 0. The van der Waals surface area contributed by atoms with Crippen LogP contribution in [0, 0.1) is 13.8 Å². The molecule has 0 aliphatic heterocycles. The van der Waals surface area contributed by atoms with Crippen LogP contribution in [0.3, 0.4) is 0 Å². The number of aryl methyl sites for hydroxylation is 2. The van der Waals surface area contributed by atoms with Gasteiger partial charge in [0, 0.05) is 5.69 Å². The lowest BCUT2D eigenvalue weighted by molar-refractivity contribution is 1.07. The Morgan fingerprint density at radius 1 is 1.54 bits per heavy atom. The number of aromatic nitrogens is 2. The van der Waals surface area contributed by atoms with Crippen LogP contribution in [0.4, 0.5) is 0 Å². The van der Waals surface area contributed by atoms with Gasteiger partial charge in [-0.05, 0) is 31.4 Å². The molecule has 2 heterocycles. The van der Waals surface area contributed by atoms with Gasteiger partial charge in [0.2, 0.25) is 13.5 Å². The van der Waals surface area contributed by atoms with Gasteiger partial charge < -0.3 is 4.48 Å². The molecule has 2 aromatic heterocycles. The molecule has 0 aromatic carbocycles. The van der Waals surface area contributed by atoms with Gasteiger partial charge in [-0.2, -0.15) is 4.37 Å². The van der Waals surface area contributed by atoms with Crippen LogP contribution in [0.5, 0.6) is 0 Å². The SMILES string of the molecule is [B]n1c(C)cc2snc(C)c2c1=O. The van der Waals surface area contributed by atoms with E-state index in [9.17, 15) is 4.79 Å². The van der Waals surface area contributed by atoms with E-state index in [1.165, 1.54) is 11.5 Å². The van der Waals surface area contributed by atoms with E-state index in [2.05, 4.69) is 4.37 Å². The van der Waals surface area contributed by atoms with Gasteiger partial charge in [0.15, 0.2) is 0 Å². The minimum absolute atomic E-state index is 0.166. The Bertz CT molecular complexity index is 529. The topological polar surface area (TPSA) is 34.9 Å². The molecular weight excluding hydrogens is 183 g/mol. The largest absolute Gasteiger partial charge is 0.369 e. The van der Waals surface area contributed by atoms with Crippen molar-refractivity contribution in [3.8, 4) is 0 Å². The number of hydrogen-bond acceptors (Lipinski definition) is 3. The molecule has 0 aliphatic rings. The highest BCUT2D eigenvalue weighted by Crippen LogP contribution is 2.18. The molecule has 0 saturated carbocycles. The van der Waals surface area contributed by atoms with Gasteiger partial charge in [-0.1, -0.05) is 0 Å². The summed E-state index contributed by atoms with van der Waals surface area (Å²) in [6, 6.07) is 1.88. The van der Waals surface area contributed by atoms with E-state index in [1.807, 2.05) is 13.0 Å². The first-order chi connectivity index (χ1) is 6.11. The lowest BCUT2D eigenvalue weighted by Gasteiger charge is -2.02. The normalized spacial score (nSPS) is 10.9. The molecule has 0 fully saturated rings. The van der Waals surface area contributed by atoms with Gasteiger partial charge in [0.25, 0.3) is 0 Å². The smallest absolute Gasteiger partial charge is 0.248 e. The maximum Gasteiger partial charge on any atom is 0.248 e. The lowest BCUT2D eigenvalue weighted by Crippen LogP contribution is -2.20. The number of pyridine rings is 1. The van der Waals surface area contributed by atoms with Gasteiger partial charge in [-0.15, -0.1) is 0 Å². The first-order valence-corrected chi connectivity index (χ1v) is 4.62. The summed E-state index contributed by atoms with van der Waals surface area (Å²) in [6.45, 7) is 3.62. The third-order valence-electron chi connectivity index (χ3n) is 2.04. The molecule has 0 saturated heterocycles. The van der Waals surface area contributed by atoms with E-state index in [4.69, 9.17) is 7.98 Å². The Morgan fingerprint density at radius 2 is 2.23 bits per heavy atom. The zero-order valence-electron chi connectivity index (χ0n) is 7.37. The average molecular weight is 190 g/mol. The van der Waals surface area contributed by atoms with E-state index in [-0.39, 0.29) is 5.56 Å². The molecule has 3 nitrogen and oxygen atoms in total. The Kier molecular flexibility index (Phi) is 1.77. The highest BCUT2D eigenvalue weighted by atomic mass is 32.1. The Labute approximate surface area is 80.6 Å². The predicted octanol–water partition coefficient (Wildman–Crippen LogP) is 1.01. The molecule has 13 heavy (non-hydrogen) atoms. The second kappa shape index (κ2) is 2.70. The molecule has 0 bridgehead atoms. The van der Waals surface area contributed by atoms with Crippen LogP contribution in [0.15, 0.2) is 10.9 Å². The van der Waals surface area contributed by atoms with E-state index in [0.717, 1.165) is 20.6 Å². The Balaban J connectivity index is 3.06. The molecule has 2 aromatic rings. The van der Waals surface area contributed by atoms with Crippen LogP contribution in [0.2, 0.25) is 0 Å². The monoisotopic (exact) mass is 190 g/mol. The molecule has 0 amide bonds. The summed E-state index contributed by atoms with van der Waals surface area (Å²) in [5.41, 5.74) is 1.34. The molecule has 2 rings (SSSR count). The van der Waals surface area contributed by atoms with Gasteiger partial charge in [-0.3, -0.25) is 4.79 Å². The van der Waals surface area contributed by atoms with Gasteiger partial charge >= 0.3 is 0 Å². The first-order valence-electron chi connectivity index (χ1n) is 3.85. The van der Waals surface area contributed by atoms with Crippen molar-refractivity contribution in [1.29, 1.82) is 0 Å². The fraction of sp³-hybridized carbons (Fsp3) is 0.250. The molecule has 0 aliphatic carbocycles. The van der Waals surface area contributed by atoms with Crippen molar-refractivity contribution in [3.05, 3.63) is 27.8 Å². The third kappa shape index (κ3) is 1.11. The van der Waals surface area contributed by atoms with Crippen molar-refractivity contribution in [3.63, 3.8) is 0 Å². The number of nitrogens with zero attached hydrogens (tertiary/aromatic N) is 2. The maximum absolute atomic E-state index is 11.6. The summed E-state index contributed by atoms with van der Waals surface area (Å²) < 4.78 is 6.17. The second-order valence-corrected chi connectivity index (χ2v) is 3.77. The summed E-state index contributed by atoms with van der Waals surface area (Å²) in [4.78, 5) is 11.6. The third-order valence-corrected chi connectivity index (χ3v) is 2.93. The van der Waals surface area contributed by atoms with E-state index in [1.54, 1.807) is 6.92 Å². The maximum atomic E-state index is 11.6. The van der Waals surface area contributed by atoms with E-state index in [0.29, 0.717) is 5.39 Å². The molecule has 0 N–H and O–H groups in total. The Morgan fingerprint density at radius 3 is 2.92 bits per heavy atom. The average Bonchev–Trinajstić information content (AvgIpc) is 2.43. The van der Waals surface area contributed by atoms with Crippen molar-refractivity contribution >= 4 is 29.6 Å². The zero-order valence-corrected chi connectivity index (χ0v) is 8.18. The summed E-state index contributed by atoms with van der Waals surface area (Å²) in [5.74, 6) is 0. The molecular formula is C8H7BN2OS. The van der Waals surface area contributed by atoms with Crippen molar-refractivity contribution in [2.24, 2.45) is 0 Å². The van der Waals surface area contributed by atoms with Crippen molar-refractivity contribution in [2.45, 2.75) is 13.8 Å². The molecule has 64 valence electrons. The standard InChI is InChI=1S/C8H7BN2OS/c1-4-3-6-7(5(2)10-13-6)8(12)11(4)9/h3H,1-2H3. The summed E-state index contributed by atoms with van der Waals surface area (Å²) >= 11 is 1.33. The molecule has 0 unspecified atom stereocenters. The highest BCUT2D eigenvalue weighted by molar-refractivity contribution is 7.13. The van der Waals surface area contributed by atoms with Crippen LogP contribution >= 0.6 is 11.5 Å². The van der Waals surface area contributed by atoms with Crippen LogP contribution in [-0.4, -0.2) is 16.8 Å². The van der Waals surface area contributed by atoms with Gasteiger partial charge in [-0.25, -0.2) is 0 Å². The number of hydrogen-bond donors (Lipinski definition) is 0. The number of fused-ring (bicyclic) bond motifs is 1. The van der Waals surface area contributed by atoms with E-state index >= 15 is 0 Å². The zero-order chi connectivity index (χ0) is 9.59. The minimum Gasteiger partial charge on any atom is -0.369 e. The first kappa shape index (κ1) is 8.50. The molecule has 2 radical (unpaired) electrons. The Hall–Kier alpha value is -1.10. The molecule has 0 atom stereocenters. The van der Waals surface area contributed by atoms with Crippen LogP contribution in [0.1, 0.15) is 11.4 Å². The van der Waals surface area contributed by atoms with Gasteiger partial charge in [0.05, 0.1) is 15.8 Å². The van der Waals surface area contributed by atoms with Gasteiger partial charge in [0.1, 0.15) is 0 Å². The van der Waals surface area contributed by atoms with Crippen molar-refractivity contribution < 1.29 is 0 Å². The molecule has 0 spiro atoms. The van der Waals surface area contributed by atoms with Crippen LogP contribution in [0.25, 0.3) is 10.1 Å². The second-order valence-electron chi connectivity index (χ2n) is 2.97. The summed E-state index contributed by atoms with van der Waals surface area (Å²) in [5, 5.41) is 0.637. The van der Waals surface area contributed by atoms with Crippen molar-refractivity contribution in [1.82, 2.24) is 8.85 Å². The fourth-order valence-corrected chi connectivity index (χ4v) is 2.16. The fourth-order valence-electron chi connectivity index (χ4n) is 1.29. The predicted molar refractivity (Wildman–Crippen MR) is 54.5 cm³/mol.